The van der Waals surface area contributed by atoms with Gasteiger partial charge in [-0.05, 0) is 23.8 Å². The van der Waals surface area contributed by atoms with Crippen molar-refractivity contribution in [3.63, 3.8) is 0 Å². The lowest BCUT2D eigenvalue weighted by Gasteiger charge is -2.26. The highest BCUT2D eigenvalue weighted by molar-refractivity contribution is 6.04. The fourth-order valence-corrected chi connectivity index (χ4v) is 4.58. The average Bonchev–Trinajstić information content (AvgIpc) is 3.14. The second kappa shape index (κ2) is 9.25. The summed E-state index contributed by atoms with van der Waals surface area (Å²) in [6.45, 7) is 4.25. The SMILES string of the molecule is Cn1c(=NC#N)n(CCN2CCOCC2)c2c3cc(-c4cnc(N)c(C(F)(F)F)c4)ccc3ncc21. The van der Waals surface area contributed by atoms with Gasteiger partial charge in [0.2, 0.25) is 11.8 Å². The first-order chi connectivity index (χ1) is 17.3. The van der Waals surface area contributed by atoms with Crippen LogP contribution < -0.4 is 11.4 Å². The van der Waals surface area contributed by atoms with Crippen molar-refractivity contribution in [2.45, 2.75) is 12.7 Å². The van der Waals surface area contributed by atoms with Crippen molar-refractivity contribution in [3.05, 3.63) is 47.8 Å². The van der Waals surface area contributed by atoms with Crippen molar-refractivity contribution in [2.75, 3.05) is 38.6 Å². The maximum absolute atomic E-state index is 13.4. The van der Waals surface area contributed by atoms with Gasteiger partial charge in [-0.3, -0.25) is 9.88 Å². The Kier molecular flexibility index (Phi) is 6.11. The lowest BCUT2D eigenvalue weighted by atomic mass is 10.0. The van der Waals surface area contributed by atoms with E-state index in [0.717, 1.165) is 42.1 Å². The van der Waals surface area contributed by atoms with Gasteiger partial charge in [0.1, 0.15) is 5.82 Å². The van der Waals surface area contributed by atoms with E-state index in [0.29, 0.717) is 36.5 Å². The molecule has 4 heterocycles. The number of hydrogen-bond acceptors (Lipinski definition) is 7. The molecule has 0 atom stereocenters. The van der Waals surface area contributed by atoms with Crippen LogP contribution in [0.3, 0.4) is 0 Å². The zero-order valence-corrected chi connectivity index (χ0v) is 19.5. The molecule has 36 heavy (non-hydrogen) atoms. The van der Waals surface area contributed by atoms with Crippen LogP contribution in [0.4, 0.5) is 19.0 Å². The minimum Gasteiger partial charge on any atom is -0.383 e. The van der Waals surface area contributed by atoms with Crippen LogP contribution in [0.5, 0.6) is 0 Å². The molecule has 1 aliphatic heterocycles. The number of aromatic nitrogens is 4. The largest absolute Gasteiger partial charge is 0.419 e. The second-order valence-corrected chi connectivity index (χ2v) is 8.55. The predicted molar refractivity (Wildman–Crippen MR) is 127 cm³/mol. The Morgan fingerprint density at radius 2 is 1.89 bits per heavy atom. The molecule has 0 bridgehead atoms. The number of pyridine rings is 2. The van der Waals surface area contributed by atoms with Crippen molar-refractivity contribution >= 4 is 27.8 Å². The molecule has 0 amide bonds. The molecular weight excluding hydrogens is 473 g/mol. The Morgan fingerprint density at radius 1 is 1.11 bits per heavy atom. The minimum absolute atomic E-state index is 0.285. The molecule has 1 fully saturated rings. The summed E-state index contributed by atoms with van der Waals surface area (Å²) in [5.74, 6) is -0.567. The van der Waals surface area contributed by atoms with Crippen molar-refractivity contribution in [1.82, 2.24) is 24.0 Å². The maximum Gasteiger partial charge on any atom is 0.419 e. The van der Waals surface area contributed by atoms with Crippen molar-refractivity contribution in [3.8, 4) is 17.3 Å². The van der Waals surface area contributed by atoms with Gasteiger partial charge in [-0.15, -0.1) is 4.99 Å². The van der Waals surface area contributed by atoms with Crippen LogP contribution in [0, 0.1) is 11.5 Å². The van der Waals surface area contributed by atoms with Gasteiger partial charge in [0, 0.05) is 50.4 Å². The highest BCUT2D eigenvalue weighted by atomic mass is 19.4. The molecule has 1 aliphatic rings. The molecule has 12 heteroatoms. The summed E-state index contributed by atoms with van der Waals surface area (Å²) < 4.78 is 49.5. The summed E-state index contributed by atoms with van der Waals surface area (Å²) in [5.41, 5.74) is 8.01. The number of rotatable bonds is 4. The van der Waals surface area contributed by atoms with Gasteiger partial charge in [-0.1, -0.05) is 6.07 Å². The molecule has 1 aromatic carbocycles. The summed E-state index contributed by atoms with van der Waals surface area (Å²) in [7, 11) is 1.81. The van der Waals surface area contributed by atoms with Gasteiger partial charge >= 0.3 is 6.18 Å². The fraction of sp³-hybridized carbons (Fsp3) is 0.333. The quantitative estimate of drug-likeness (QED) is 0.435. The molecule has 3 aromatic heterocycles. The third kappa shape index (κ3) is 4.27. The molecule has 0 spiro atoms. The summed E-state index contributed by atoms with van der Waals surface area (Å²) >= 11 is 0. The van der Waals surface area contributed by atoms with E-state index in [1.54, 1.807) is 36.0 Å². The monoisotopic (exact) mass is 496 g/mol. The first kappa shape index (κ1) is 23.8. The molecule has 0 radical (unpaired) electrons. The van der Waals surface area contributed by atoms with Crippen LogP contribution in [0.15, 0.2) is 41.7 Å². The van der Waals surface area contributed by atoms with E-state index in [2.05, 4.69) is 19.9 Å². The molecule has 0 aliphatic carbocycles. The molecule has 5 rings (SSSR count). The van der Waals surface area contributed by atoms with E-state index in [1.165, 1.54) is 6.20 Å². The van der Waals surface area contributed by atoms with E-state index < -0.39 is 17.6 Å². The number of hydrogen-bond donors (Lipinski definition) is 1. The molecule has 2 N–H and O–H groups in total. The number of nitriles is 1. The number of halogens is 3. The molecule has 9 nitrogen and oxygen atoms in total. The third-order valence-corrected chi connectivity index (χ3v) is 6.44. The van der Waals surface area contributed by atoms with Gasteiger partial charge in [0.25, 0.3) is 0 Å². The van der Waals surface area contributed by atoms with Gasteiger partial charge < -0.3 is 19.6 Å². The normalized spacial score (nSPS) is 15.6. The number of ether oxygens (including phenoxy) is 1. The number of fused-ring (bicyclic) bond motifs is 3. The Morgan fingerprint density at radius 3 is 2.61 bits per heavy atom. The summed E-state index contributed by atoms with van der Waals surface area (Å²) in [4.78, 5) is 14.6. The Hall–Kier alpha value is -3.95. The molecule has 1 saturated heterocycles. The van der Waals surface area contributed by atoms with Crippen molar-refractivity contribution in [2.24, 2.45) is 12.0 Å². The minimum atomic E-state index is -4.62. The van der Waals surface area contributed by atoms with Crippen molar-refractivity contribution in [1.29, 1.82) is 5.26 Å². The highest BCUT2D eigenvalue weighted by Gasteiger charge is 2.34. The topological polar surface area (TPSA) is 110 Å². The molecule has 186 valence electrons. The number of nitrogens with two attached hydrogens (primary N) is 1. The van der Waals surface area contributed by atoms with Gasteiger partial charge in [0.15, 0.2) is 0 Å². The van der Waals surface area contributed by atoms with Crippen LogP contribution in [-0.4, -0.2) is 56.9 Å². The number of benzene rings is 1. The smallest absolute Gasteiger partial charge is 0.383 e. The average molecular weight is 496 g/mol. The van der Waals surface area contributed by atoms with Gasteiger partial charge in [-0.25, -0.2) is 4.98 Å². The van der Waals surface area contributed by atoms with Gasteiger partial charge in [-0.2, -0.15) is 18.4 Å². The van der Waals surface area contributed by atoms with Crippen LogP contribution in [0.1, 0.15) is 5.56 Å². The Bertz CT molecular complexity index is 1560. The Balaban J connectivity index is 1.69. The summed E-state index contributed by atoms with van der Waals surface area (Å²) in [6.07, 6.45) is 0.301. The molecule has 0 saturated carbocycles. The number of anilines is 1. The number of imidazole rings is 1. The van der Waals surface area contributed by atoms with E-state index in [4.69, 9.17) is 10.5 Å². The number of nitrogens with zero attached hydrogens (tertiary/aromatic N) is 7. The number of alkyl halides is 3. The molecule has 0 unspecified atom stereocenters. The van der Waals surface area contributed by atoms with Crippen molar-refractivity contribution < 1.29 is 17.9 Å². The van der Waals surface area contributed by atoms with Crippen LogP contribution in [0.2, 0.25) is 0 Å². The van der Waals surface area contributed by atoms with Gasteiger partial charge in [0.05, 0.1) is 41.5 Å². The van der Waals surface area contributed by atoms with Crippen LogP contribution >= 0.6 is 0 Å². The first-order valence-electron chi connectivity index (χ1n) is 11.3. The Labute approximate surface area is 203 Å². The number of aryl methyl sites for hydroxylation is 1. The predicted octanol–water partition coefficient (Wildman–Crippen LogP) is 2.90. The number of nitrogen functional groups attached to an aromatic ring is 1. The second-order valence-electron chi connectivity index (χ2n) is 8.55. The summed E-state index contributed by atoms with van der Waals surface area (Å²) in [6, 6.07) is 6.26. The zero-order chi connectivity index (χ0) is 25.4. The van der Waals surface area contributed by atoms with Crippen LogP contribution in [0.25, 0.3) is 33.1 Å². The third-order valence-electron chi connectivity index (χ3n) is 6.44. The molecular formula is C24H23F3N8O. The van der Waals surface area contributed by atoms with Crippen LogP contribution in [-0.2, 0) is 24.5 Å². The fourth-order valence-electron chi connectivity index (χ4n) is 4.58. The molecule has 4 aromatic rings. The van der Waals surface area contributed by atoms with E-state index >= 15 is 0 Å². The summed E-state index contributed by atoms with van der Waals surface area (Å²) in [5, 5.41) is 10.1. The standard InChI is InChI=1S/C24H23F3N8O/c1-33-20-13-30-19-3-2-15(16-11-18(24(25,26)27)22(29)31-12-16)10-17(19)21(20)35(23(33)32-14-28)5-4-34-6-8-36-9-7-34/h2-3,10-13H,4-9H2,1H3,(H2,29,31). The lowest BCUT2D eigenvalue weighted by molar-refractivity contribution is -0.137. The van der Waals surface area contributed by atoms with E-state index in [9.17, 15) is 18.4 Å². The van der Waals surface area contributed by atoms with E-state index in [-0.39, 0.29) is 5.56 Å². The first-order valence-corrected chi connectivity index (χ1v) is 11.3. The highest BCUT2D eigenvalue weighted by Crippen LogP contribution is 2.36. The zero-order valence-electron chi connectivity index (χ0n) is 19.5. The lowest BCUT2D eigenvalue weighted by Crippen LogP contribution is -2.39. The number of morpholine rings is 1. The maximum atomic E-state index is 13.4. The van der Waals surface area contributed by atoms with E-state index in [1.807, 2.05) is 10.8 Å².